The number of hydrogen-bond acceptors (Lipinski definition) is 5. The highest BCUT2D eigenvalue weighted by molar-refractivity contribution is 5.54. The fraction of sp³-hybridized carbons (Fsp3) is 0.333. The molecule has 2 heterocycles. The van der Waals surface area contributed by atoms with Gasteiger partial charge in [0, 0.05) is 17.7 Å². The van der Waals surface area contributed by atoms with Crippen LogP contribution in [0, 0.1) is 16.0 Å². The topological polar surface area (TPSA) is 64.8 Å². The van der Waals surface area contributed by atoms with E-state index in [9.17, 15) is 10.1 Å². The molecule has 2 aromatic rings. The van der Waals surface area contributed by atoms with E-state index in [0.29, 0.717) is 12.4 Å². The van der Waals surface area contributed by atoms with Gasteiger partial charge in [0.15, 0.2) is 0 Å². The van der Waals surface area contributed by atoms with Crippen LogP contribution in [-0.2, 0) is 4.84 Å². The van der Waals surface area contributed by atoms with Gasteiger partial charge in [-0.1, -0.05) is 18.2 Å². The lowest BCUT2D eigenvalue weighted by atomic mass is 9.81. The molecule has 0 unspecified atom stereocenters. The summed E-state index contributed by atoms with van der Waals surface area (Å²) in [7, 11) is 0. The SMILES string of the molecule is CC1(C)ON(c2ccccc2)[C@H]2c3cc([N+](=O)[O-])ccc3OC[C@H]21. The summed E-state index contributed by atoms with van der Waals surface area (Å²) >= 11 is 0. The van der Waals surface area contributed by atoms with Crippen molar-refractivity contribution in [3.8, 4) is 5.75 Å². The van der Waals surface area contributed by atoms with Gasteiger partial charge in [0.05, 0.1) is 34.8 Å². The van der Waals surface area contributed by atoms with Gasteiger partial charge >= 0.3 is 0 Å². The Morgan fingerprint density at radius 1 is 1.21 bits per heavy atom. The smallest absolute Gasteiger partial charge is 0.270 e. The van der Waals surface area contributed by atoms with Gasteiger partial charge in [0.25, 0.3) is 5.69 Å². The highest BCUT2D eigenvalue weighted by atomic mass is 16.7. The molecular formula is C18H18N2O4. The van der Waals surface area contributed by atoms with Crippen molar-refractivity contribution in [1.29, 1.82) is 0 Å². The zero-order valence-electron chi connectivity index (χ0n) is 13.5. The number of para-hydroxylation sites is 1. The maximum Gasteiger partial charge on any atom is 0.270 e. The summed E-state index contributed by atoms with van der Waals surface area (Å²) in [5.74, 6) is 0.760. The molecule has 0 aliphatic carbocycles. The van der Waals surface area contributed by atoms with Crippen molar-refractivity contribution in [2.75, 3.05) is 11.7 Å². The Balaban J connectivity index is 1.85. The molecule has 0 radical (unpaired) electrons. The lowest BCUT2D eigenvalue weighted by Gasteiger charge is -2.33. The lowest BCUT2D eigenvalue weighted by molar-refractivity contribution is -0.385. The molecule has 0 aromatic heterocycles. The highest BCUT2D eigenvalue weighted by Crippen LogP contribution is 2.52. The number of nitro groups is 1. The van der Waals surface area contributed by atoms with Crippen molar-refractivity contribution in [3.63, 3.8) is 0 Å². The van der Waals surface area contributed by atoms with Crippen LogP contribution in [-0.4, -0.2) is 17.1 Å². The molecule has 1 saturated heterocycles. The first-order valence-corrected chi connectivity index (χ1v) is 7.92. The fourth-order valence-corrected chi connectivity index (χ4v) is 3.54. The van der Waals surface area contributed by atoms with Crippen LogP contribution in [0.2, 0.25) is 0 Å². The normalized spacial score (nSPS) is 24.0. The minimum Gasteiger partial charge on any atom is -0.493 e. The van der Waals surface area contributed by atoms with Crippen molar-refractivity contribution in [2.24, 2.45) is 5.92 Å². The number of nitro benzene ring substituents is 1. The molecule has 2 atom stereocenters. The van der Waals surface area contributed by atoms with Gasteiger partial charge in [-0.3, -0.25) is 15.0 Å². The van der Waals surface area contributed by atoms with Gasteiger partial charge in [0.1, 0.15) is 5.75 Å². The number of benzene rings is 2. The summed E-state index contributed by atoms with van der Waals surface area (Å²) in [4.78, 5) is 17.0. The van der Waals surface area contributed by atoms with Crippen molar-refractivity contribution in [1.82, 2.24) is 0 Å². The van der Waals surface area contributed by atoms with Crippen molar-refractivity contribution in [3.05, 3.63) is 64.2 Å². The first-order chi connectivity index (χ1) is 11.5. The third-order valence-electron chi connectivity index (χ3n) is 4.81. The fourth-order valence-electron chi connectivity index (χ4n) is 3.54. The Kier molecular flexibility index (Phi) is 3.25. The average molecular weight is 326 g/mol. The molecule has 2 aromatic carbocycles. The first kappa shape index (κ1) is 15.0. The Hall–Kier alpha value is -2.60. The number of hydrogen-bond donors (Lipinski definition) is 0. The van der Waals surface area contributed by atoms with E-state index in [-0.39, 0.29) is 22.6 Å². The molecular weight excluding hydrogens is 308 g/mol. The highest BCUT2D eigenvalue weighted by Gasteiger charge is 2.53. The van der Waals surface area contributed by atoms with Crippen LogP contribution in [0.5, 0.6) is 5.75 Å². The Morgan fingerprint density at radius 2 is 1.96 bits per heavy atom. The van der Waals surface area contributed by atoms with Crippen LogP contribution >= 0.6 is 0 Å². The number of rotatable bonds is 2. The quantitative estimate of drug-likeness (QED) is 0.619. The van der Waals surface area contributed by atoms with E-state index in [1.165, 1.54) is 6.07 Å². The molecule has 6 heteroatoms. The molecule has 24 heavy (non-hydrogen) atoms. The maximum absolute atomic E-state index is 11.2. The summed E-state index contributed by atoms with van der Waals surface area (Å²) < 4.78 is 5.86. The summed E-state index contributed by atoms with van der Waals surface area (Å²) in [6, 6.07) is 14.4. The minimum atomic E-state index is -0.428. The molecule has 0 N–H and O–H groups in total. The molecule has 0 spiro atoms. The molecule has 1 fully saturated rings. The molecule has 124 valence electrons. The first-order valence-electron chi connectivity index (χ1n) is 7.92. The zero-order valence-corrected chi connectivity index (χ0v) is 13.5. The number of non-ortho nitro benzene ring substituents is 1. The number of hydroxylamine groups is 1. The Morgan fingerprint density at radius 3 is 2.67 bits per heavy atom. The predicted molar refractivity (Wildman–Crippen MR) is 88.9 cm³/mol. The summed E-state index contributed by atoms with van der Waals surface area (Å²) in [5, 5.41) is 13.0. The van der Waals surface area contributed by atoms with Crippen LogP contribution in [0.3, 0.4) is 0 Å². The third-order valence-corrected chi connectivity index (χ3v) is 4.81. The monoisotopic (exact) mass is 326 g/mol. The number of ether oxygens (including phenoxy) is 1. The van der Waals surface area contributed by atoms with Gasteiger partial charge in [-0.15, -0.1) is 0 Å². The van der Waals surface area contributed by atoms with Crippen LogP contribution in [0.25, 0.3) is 0 Å². The van der Waals surface area contributed by atoms with E-state index in [4.69, 9.17) is 9.57 Å². The van der Waals surface area contributed by atoms with Gasteiger partial charge in [-0.25, -0.2) is 5.06 Å². The summed E-state index contributed by atoms with van der Waals surface area (Å²) in [6.45, 7) is 4.57. The number of anilines is 1. The van der Waals surface area contributed by atoms with E-state index in [0.717, 1.165) is 11.3 Å². The molecule has 0 bridgehead atoms. The maximum atomic E-state index is 11.2. The Bertz CT molecular complexity index is 791. The van der Waals surface area contributed by atoms with Crippen LogP contribution in [0.15, 0.2) is 48.5 Å². The standard InChI is InChI=1S/C18H18N2O4/c1-18(2)15-11-23-16-9-8-13(20(21)22)10-14(16)17(15)19(24-18)12-6-4-3-5-7-12/h3-10,15,17H,11H2,1-2H3/t15-,17+/m1/s1. The van der Waals surface area contributed by atoms with Gasteiger partial charge in [0.2, 0.25) is 0 Å². The average Bonchev–Trinajstić information content (AvgIpc) is 2.87. The molecule has 0 saturated carbocycles. The van der Waals surface area contributed by atoms with Crippen molar-refractivity contribution >= 4 is 11.4 Å². The third kappa shape index (κ3) is 2.22. The van der Waals surface area contributed by atoms with E-state index in [1.807, 2.05) is 49.2 Å². The predicted octanol–water partition coefficient (Wildman–Crippen LogP) is 3.87. The molecule has 0 amide bonds. The lowest BCUT2D eigenvalue weighted by Crippen LogP contribution is -2.36. The minimum absolute atomic E-state index is 0.0655. The number of nitrogens with zero attached hydrogens (tertiary/aromatic N) is 2. The van der Waals surface area contributed by atoms with E-state index in [1.54, 1.807) is 12.1 Å². The second-order valence-electron chi connectivity index (χ2n) is 6.70. The molecule has 6 nitrogen and oxygen atoms in total. The largest absolute Gasteiger partial charge is 0.493 e. The molecule has 2 aliphatic rings. The van der Waals surface area contributed by atoms with Gasteiger partial charge < -0.3 is 4.74 Å². The van der Waals surface area contributed by atoms with Crippen LogP contribution in [0.4, 0.5) is 11.4 Å². The van der Waals surface area contributed by atoms with E-state index in [2.05, 4.69) is 0 Å². The van der Waals surface area contributed by atoms with Crippen molar-refractivity contribution in [2.45, 2.75) is 25.5 Å². The van der Waals surface area contributed by atoms with E-state index < -0.39 is 5.60 Å². The van der Waals surface area contributed by atoms with Crippen LogP contribution in [0.1, 0.15) is 25.5 Å². The molecule has 2 aliphatic heterocycles. The van der Waals surface area contributed by atoms with Gasteiger partial charge in [-0.2, -0.15) is 0 Å². The van der Waals surface area contributed by atoms with Crippen molar-refractivity contribution < 1.29 is 14.5 Å². The summed E-state index contributed by atoms with van der Waals surface area (Å²) in [6.07, 6.45) is 0. The Labute approximate surface area is 139 Å². The second kappa shape index (κ2) is 5.21. The number of fused-ring (bicyclic) bond motifs is 3. The zero-order chi connectivity index (χ0) is 16.9. The summed E-state index contributed by atoms with van der Waals surface area (Å²) in [5.41, 5.74) is 1.37. The molecule has 4 rings (SSSR count). The van der Waals surface area contributed by atoms with Gasteiger partial charge in [-0.05, 0) is 32.0 Å². The van der Waals surface area contributed by atoms with Crippen LogP contribution < -0.4 is 9.80 Å². The second-order valence-corrected chi connectivity index (χ2v) is 6.70. The van der Waals surface area contributed by atoms with E-state index >= 15 is 0 Å².